The van der Waals surface area contributed by atoms with Gasteiger partial charge in [0.05, 0.1) is 14.2 Å². The summed E-state index contributed by atoms with van der Waals surface area (Å²) < 4.78 is 16.7. The minimum Gasteiger partial charge on any atom is -0.493 e. The van der Waals surface area contributed by atoms with E-state index in [9.17, 15) is 4.79 Å². The van der Waals surface area contributed by atoms with E-state index in [1.807, 2.05) is 36.1 Å². The number of nitrogens with zero attached hydrogens (tertiary/aromatic N) is 1. The van der Waals surface area contributed by atoms with E-state index in [0.29, 0.717) is 29.6 Å². The highest BCUT2D eigenvalue weighted by atomic mass is 35.5. The van der Waals surface area contributed by atoms with E-state index in [0.717, 1.165) is 28.9 Å². The van der Waals surface area contributed by atoms with Gasteiger partial charge in [0.25, 0.3) is 5.91 Å². The molecule has 0 spiro atoms. The molecule has 0 saturated carbocycles. The lowest BCUT2D eigenvalue weighted by Gasteiger charge is -2.29. The van der Waals surface area contributed by atoms with Gasteiger partial charge in [-0.05, 0) is 65.8 Å². The Morgan fingerprint density at radius 1 is 1.07 bits per heavy atom. The molecule has 2 aromatic carbocycles. The Balaban J connectivity index is 1.71. The molecule has 2 aromatic rings. The zero-order valence-corrected chi connectivity index (χ0v) is 18.4. The second-order valence-electron chi connectivity index (χ2n) is 7.62. The van der Waals surface area contributed by atoms with E-state index >= 15 is 0 Å². The fourth-order valence-electron chi connectivity index (χ4n) is 3.57. The Hall–Kier alpha value is -2.40. The summed E-state index contributed by atoms with van der Waals surface area (Å²) >= 11 is 6.26. The zero-order chi connectivity index (χ0) is 21.1. The molecule has 156 valence electrons. The Kier molecular flexibility index (Phi) is 6.58. The molecular weight excluding hydrogens is 390 g/mol. The fourth-order valence-corrected chi connectivity index (χ4v) is 3.75. The molecule has 6 heteroatoms. The third kappa shape index (κ3) is 4.61. The van der Waals surface area contributed by atoms with Crippen LogP contribution in [-0.4, -0.2) is 38.2 Å². The van der Waals surface area contributed by atoms with Crippen LogP contribution in [0.15, 0.2) is 24.3 Å². The first-order chi connectivity index (χ1) is 13.8. The van der Waals surface area contributed by atoms with Gasteiger partial charge in [-0.15, -0.1) is 0 Å². The minimum atomic E-state index is -0.0345. The summed E-state index contributed by atoms with van der Waals surface area (Å²) in [4.78, 5) is 14.6. The van der Waals surface area contributed by atoms with Gasteiger partial charge in [0.2, 0.25) is 0 Å². The van der Waals surface area contributed by atoms with Crippen molar-refractivity contribution in [1.82, 2.24) is 4.90 Å². The van der Waals surface area contributed by atoms with Crippen LogP contribution in [0.4, 0.5) is 0 Å². The quantitative estimate of drug-likeness (QED) is 0.680. The number of aryl methyl sites for hydroxylation is 1. The van der Waals surface area contributed by atoms with Gasteiger partial charge in [-0.3, -0.25) is 4.79 Å². The van der Waals surface area contributed by atoms with Crippen LogP contribution < -0.4 is 14.2 Å². The van der Waals surface area contributed by atoms with Crippen molar-refractivity contribution in [1.29, 1.82) is 0 Å². The first-order valence-corrected chi connectivity index (χ1v) is 10.2. The van der Waals surface area contributed by atoms with Gasteiger partial charge in [-0.2, -0.15) is 0 Å². The van der Waals surface area contributed by atoms with Crippen LogP contribution >= 0.6 is 11.6 Å². The fraction of sp³-hybridized carbons (Fsp3) is 0.435. The summed E-state index contributed by atoms with van der Waals surface area (Å²) in [6, 6.07) is 7.79. The smallest absolute Gasteiger partial charge is 0.260 e. The normalized spacial score (nSPS) is 13.3. The van der Waals surface area contributed by atoms with Crippen molar-refractivity contribution in [2.24, 2.45) is 0 Å². The lowest BCUT2D eigenvalue weighted by atomic mass is 9.98. The molecule has 29 heavy (non-hydrogen) atoms. The van der Waals surface area contributed by atoms with Crippen molar-refractivity contribution in [2.45, 2.75) is 39.7 Å². The predicted molar refractivity (Wildman–Crippen MR) is 114 cm³/mol. The number of carbonyl (C=O) groups excluding carboxylic acids is 1. The zero-order valence-electron chi connectivity index (χ0n) is 17.7. The van der Waals surface area contributed by atoms with Gasteiger partial charge in [0.15, 0.2) is 18.1 Å². The van der Waals surface area contributed by atoms with Crippen LogP contribution in [0, 0.1) is 6.92 Å². The molecule has 0 atom stereocenters. The molecule has 1 amide bonds. The summed E-state index contributed by atoms with van der Waals surface area (Å²) in [6.07, 6.45) is 0.777. The van der Waals surface area contributed by atoms with Gasteiger partial charge in [-0.25, -0.2) is 0 Å². The number of benzene rings is 2. The van der Waals surface area contributed by atoms with E-state index in [2.05, 4.69) is 13.8 Å². The highest BCUT2D eigenvalue weighted by molar-refractivity contribution is 6.31. The number of hydrogen-bond donors (Lipinski definition) is 0. The molecule has 0 saturated heterocycles. The SMILES string of the molecule is COc1cc2c(cc1OC)CN(C(=O)COc1cc(C)c(Cl)cc1C(C)C)CC2. The molecule has 1 aliphatic rings. The Bertz CT molecular complexity index is 910. The largest absolute Gasteiger partial charge is 0.493 e. The van der Waals surface area contributed by atoms with E-state index in [-0.39, 0.29) is 18.4 Å². The predicted octanol–water partition coefficient (Wildman–Crippen LogP) is 4.75. The molecule has 3 rings (SSSR count). The maximum Gasteiger partial charge on any atom is 0.260 e. The van der Waals surface area contributed by atoms with Crippen molar-refractivity contribution in [2.75, 3.05) is 27.4 Å². The molecule has 0 N–H and O–H groups in total. The lowest BCUT2D eigenvalue weighted by molar-refractivity contribution is -0.134. The molecule has 0 aromatic heterocycles. The van der Waals surface area contributed by atoms with Crippen LogP contribution in [0.1, 0.15) is 42.0 Å². The standard InChI is InChI=1S/C23H28ClNO4/c1-14(2)18-11-19(24)15(3)8-20(18)29-13-23(26)25-7-6-16-9-21(27-4)22(28-5)10-17(16)12-25/h8-11,14H,6-7,12-13H2,1-5H3. The van der Waals surface area contributed by atoms with Crippen LogP contribution in [-0.2, 0) is 17.8 Å². The molecule has 0 aliphatic carbocycles. The first kappa shape index (κ1) is 21.3. The summed E-state index contributed by atoms with van der Waals surface area (Å²) in [5.74, 6) is 2.33. The number of ether oxygens (including phenoxy) is 3. The first-order valence-electron chi connectivity index (χ1n) is 9.78. The molecular formula is C23H28ClNO4. The third-order valence-electron chi connectivity index (χ3n) is 5.33. The van der Waals surface area contributed by atoms with Crippen LogP contribution in [0.2, 0.25) is 5.02 Å². The highest BCUT2D eigenvalue weighted by Crippen LogP contribution is 2.34. The second kappa shape index (κ2) is 8.95. The Morgan fingerprint density at radius 2 is 1.72 bits per heavy atom. The van der Waals surface area contributed by atoms with Crippen molar-refractivity contribution in [3.05, 3.63) is 51.5 Å². The van der Waals surface area contributed by atoms with Gasteiger partial charge in [0.1, 0.15) is 5.75 Å². The maximum atomic E-state index is 12.8. The minimum absolute atomic E-state index is 0.00339. The van der Waals surface area contributed by atoms with Crippen LogP contribution in [0.3, 0.4) is 0 Å². The van der Waals surface area contributed by atoms with Crippen molar-refractivity contribution in [3.63, 3.8) is 0 Å². The molecule has 1 heterocycles. The van der Waals surface area contributed by atoms with Crippen molar-refractivity contribution >= 4 is 17.5 Å². The van der Waals surface area contributed by atoms with Gasteiger partial charge in [0, 0.05) is 18.1 Å². The number of amides is 1. The summed E-state index contributed by atoms with van der Waals surface area (Å²) in [5, 5.41) is 0.712. The van der Waals surface area contributed by atoms with E-state index in [4.69, 9.17) is 25.8 Å². The van der Waals surface area contributed by atoms with Gasteiger partial charge < -0.3 is 19.1 Å². The maximum absolute atomic E-state index is 12.8. The van der Waals surface area contributed by atoms with Crippen LogP contribution in [0.25, 0.3) is 0 Å². The van der Waals surface area contributed by atoms with E-state index in [1.54, 1.807) is 14.2 Å². The molecule has 1 aliphatic heterocycles. The Labute approximate surface area is 177 Å². The van der Waals surface area contributed by atoms with Crippen LogP contribution in [0.5, 0.6) is 17.2 Å². The topological polar surface area (TPSA) is 48.0 Å². The lowest BCUT2D eigenvalue weighted by Crippen LogP contribution is -2.38. The molecule has 0 radical (unpaired) electrons. The summed E-state index contributed by atoms with van der Waals surface area (Å²) in [7, 11) is 3.24. The molecule has 5 nitrogen and oxygen atoms in total. The van der Waals surface area contributed by atoms with Gasteiger partial charge >= 0.3 is 0 Å². The number of halogens is 1. The average Bonchev–Trinajstić information content (AvgIpc) is 2.72. The van der Waals surface area contributed by atoms with Crippen molar-refractivity contribution < 1.29 is 19.0 Å². The van der Waals surface area contributed by atoms with Gasteiger partial charge in [-0.1, -0.05) is 25.4 Å². The number of rotatable bonds is 6. The third-order valence-corrected chi connectivity index (χ3v) is 5.74. The molecule has 0 bridgehead atoms. The number of fused-ring (bicyclic) bond motifs is 1. The monoisotopic (exact) mass is 417 g/mol. The summed E-state index contributed by atoms with van der Waals surface area (Å²) in [6.45, 7) is 7.29. The second-order valence-corrected chi connectivity index (χ2v) is 8.03. The van der Waals surface area contributed by atoms with Crippen molar-refractivity contribution in [3.8, 4) is 17.2 Å². The summed E-state index contributed by atoms with van der Waals surface area (Å²) in [5.41, 5.74) is 4.20. The number of methoxy groups -OCH3 is 2. The molecule has 0 unspecified atom stereocenters. The number of hydrogen-bond acceptors (Lipinski definition) is 4. The van der Waals surface area contributed by atoms with E-state index in [1.165, 1.54) is 5.56 Å². The Morgan fingerprint density at radius 3 is 2.34 bits per heavy atom. The highest BCUT2D eigenvalue weighted by Gasteiger charge is 2.23. The number of carbonyl (C=O) groups is 1. The average molecular weight is 418 g/mol. The molecule has 0 fully saturated rings. The van der Waals surface area contributed by atoms with E-state index < -0.39 is 0 Å².